The van der Waals surface area contributed by atoms with Gasteiger partial charge in [0.1, 0.15) is 5.75 Å². The van der Waals surface area contributed by atoms with E-state index in [1.165, 1.54) is 25.0 Å². The summed E-state index contributed by atoms with van der Waals surface area (Å²) in [6.45, 7) is 1.39. The summed E-state index contributed by atoms with van der Waals surface area (Å²) >= 11 is 0. The van der Waals surface area contributed by atoms with Crippen molar-refractivity contribution in [1.82, 2.24) is 9.78 Å². The van der Waals surface area contributed by atoms with Gasteiger partial charge in [-0.25, -0.2) is 4.68 Å². The molecule has 0 bridgehead atoms. The number of aromatic nitrogens is 2. The smallest absolute Gasteiger partial charge is 0.121 e. The van der Waals surface area contributed by atoms with Crippen LogP contribution in [0.5, 0.6) is 5.75 Å². The van der Waals surface area contributed by atoms with E-state index in [0.717, 1.165) is 23.7 Å². The highest BCUT2D eigenvalue weighted by Gasteiger charge is 2.27. The maximum atomic E-state index is 5.60. The Hall–Kier alpha value is -2.01. The van der Waals surface area contributed by atoms with Crippen LogP contribution in [0.15, 0.2) is 30.5 Å². The topological polar surface area (TPSA) is 65.1 Å². The Morgan fingerprint density at radius 1 is 1.43 bits per heavy atom. The van der Waals surface area contributed by atoms with Gasteiger partial charge in [-0.3, -0.25) is 0 Å². The van der Waals surface area contributed by atoms with Crippen LogP contribution in [0, 0.1) is 0 Å². The summed E-state index contributed by atoms with van der Waals surface area (Å²) in [5, 5.41) is 7.97. The highest BCUT2D eigenvalue weighted by Crippen LogP contribution is 2.40. The lowest BCUT2D eigenvalue weighted by Crippen LogP contribution is -2.18. The quantitative estimate of drug-likeness (QED) is 0.856. The van der Waals surface area contributed by atoms with Gasteiger partial charge in [0, 0.05) is 25.1 Å². The SMILES string of the molecule is COc1cccc(-n2ncc(NCCN)c2C2CCC2)c1. The van der Waals surface area contributed by atoms with Gasteiger partial charge in [0.25, 0.3) is 0 Å². The van der Waals surface area contributed by atoms with E-state index in [2.05, 4.69) is 16.5 Å². The minimum atomic E-state index is 0.582. The fourth-order valence-electron chi connectivity index (χ4n) is 2.72. The zero-order chi connectivity index (χ0) is 14.7. The lowest BCUT2D eigenvalue weighted by Gasteiger charge is -2.27. The van der Waals surface area contributed by atoms with Gasteiger partial charge in [-0.15, -0.1) is 0 Å². The van der Waals surface area contributed by atoms with Crippen LogP contribution in [0.1, 0.15) is 30.9 Å². The molecule has 5 nitrogen and oxygen atoms in total. The van der Waals surface area contributed by atoms with Crippen LogP contribution in [-0.4, -0.2) is 30.0 Å². The fraction of sp³-hybridized carbons (Fsp3) is 0.438. The van der Waals surface area contributed by atoms with Crippen molar-refractivity contribution in [2.75, 3.05) is 25.5 Å². The predicted molar refractivity (Wildman–Crippen MR) is 84.3 cm³/mol. The number of hydrogen-bond acceptors (Lipinski definition) is 4. The largest absolute Gasteiger partial charge is 0.497 e. The molecule has 0 saturated heterocycles. The van der Waals surface area contributed by atoms with Crippen molar-refractivity contribution < 1.29 is 4.74 Å². The minimum Gasteiger partial charge on any atom is -0.497 e. The lowest BCUT2D eigenvalue weighted by atomic mass is 9.82. The average molecular weight is 286 g/mol. The molecular formula is C16H22N4O. The van der Waals surface area contributed by atoms with Crippen LogP contribution in [0.3, 0.4) is 0 Å². The molecule has 0 amide bonds. The fourth-order valence-corrected chi connectivity index (χ4v) is 2.72. The van der Waals surface area contributed by atoms with Crippen LogP contribution in [0.4, 0.5) is 5.69 Å². The number of benzene rings is 1. The molecule has 3 N–H and O–H groups in total. The highest BCUT2D eigenvalue weighted by molar-refractivity contribution is 5.53. The Bertz CT molecular complexity index is 604. The third-order valence-corrected chi connectivity index (χ3v) is 4.06. The Morgan fingerprint density at radius 2 is 2.29 bits per heavy atom. The van der Waals surface area contributed by atoms with E-state index < -0.39 is 0 Å². The Balaban J connectivity index is 1.98. The third-order valence-electron chi connectivity index (χ3n) is 4.06. The summed E-state index contributed by atoms with van der Waals surface area (Å²) in [5.41, 5.74) is 9.01. The summed E-state index contributed by atoms with van der Waals surface area (Å²) in [5.74, 6) is 1.43. The van der Waals surface area contributed by atoms with Crippen molar-refractivity contribution in [2.45, 2.75) is 25.2 Å². The number of rotatable bonds is 6. The van der Waals surface area contributed by atoms with Crippen molar-refractivity contribution in [2.24, 2.45) is 5.73 Å². The number of methoxy groups -OCH3 is 1. The monoisotopic (exact) mass is 286 g/mol. The van der Waals surface area contributed by atoms with E-state index in [9.17, 15) is 0 Å². The zero-order valence-corrected chi connectivity index (χ0v) is 12.4. The highest BCUT2D eigenvalue weighted by atomic mass is 16.5. The first kappa shape index (κ1) is 13.9. The molecule has 1 aliphatic rings. The Kier molecular flexibility index (Phi) is 4.10. The zero-order valence-electron chi connectivity index (χ0n) is 12.4. The number of nitrogens with zero attached hydrogens (tertiary/aromatic N) is 2. The first-order chi connectivity index (χ1) is 10.3. The van der Waals surface area contributed by atoms with Crippen molar-refractivity contribution in [1.29, 1.82) is 0 Å². The molecule has 1 fully saturated rings. The molecular weight excluding hydrogens is 264 g/mol. The minimum absolute atomic E-state index is 0.582. The Labute approximate surface area is 125 Å². The average Bonchev–Trinajstić information content (AvgIpc) is 2.87. The third kappa shape index (κ3) is 2.74. The second kappa shape index (κ2) is 6.18. The molecule has 1 aromatic carbocycles. The molecule has 5 heteroatoms. The van der Waals surface area contributed by atoms with Gasteiger partial charge in [-0.05, 0) is 25.0 Å². The van der Waals surface area contributed by atoms with E-state index in [1.54, 1.807) is 7.11 Å². The molecule has 1 aromatic heterocycles. The Morgan fingerprint density at radius 3 is 2.95 bits per heavy atom. The molecule has 0 aliphatic heterocycles. The summed E-state index contributed by atoms with van der Waals surface area (Å²) in [6.07, 6.45) is 5.66. The van der Waals surface area contributed by atoms with Crippen molar-refractivity contribution in [3.8, 4) is 11.4 Å². The number of anilines is 1. The molecule has 1 heterocycles. The number of hydrogen-bond donors (Lipinski definition) is 2. The van der Waals surface area contributed by atoms with E-state index >= 15 is 0 Å². The number of ether oxygens (including phenoxy) is 1. The standard InChI is InChI=1S/C16H22N4O/c1-21-14-7-3-6-13(10-14)20-16(12-4-2-5-12)15(11-19-20)18-9-8-17/h3,6-7,10-12,18H,2,4-5,8-9,17H2,1H3. The molecule has 0 radical (unpaired) electrons. The van der Waals surface area contributed by atoms with Crippen molar-refractivity contribution >= 4 is 5.69 Å². The van der Waals surface area contributed by atoms with Gasteiger partial charge in [0.15, 0.2) is 0 Å². The summed E-state index contributed by atoms with van der Waals surface area (Å²) in [6, 6.07) is 8.02. The molecule has 0 unspecified atom stereocenters. The molecule has 0 atom stereocenters. The molecule has 112 valence electrons. The van der Waals surface area contributed by atoms with Gasteiger partial charge in [-0.1, -0.05) is 12.5 Å². The molecule has 0 spiro atoms. The first-order valence-corrected chi connectivity index (χ1v) is 7.49. The molecule has 3 rings (SSSR count). The van der Waals surface area contributed by atoms with Crippen LogP contribution in [-0.2, 0) is 0 Å². The van der Waals surface area contributed by atoms with Crippen LogP contribution in [0.2, 0.25) is 0 Å². The molecule has 21 heavy (non-hydrogen) atoms. The van der Waals surface area contributed by atoms with Crippen LogP contribution < -0.4 is 15.8 Å². The van der Waals surface area contributed by atoms with Crippen molar-refractivity contribution in [3.05, 3.63) is 36.2 Å². The number of nitrogens with one attached hydrogen (secondary N) is 1. The van der Waals surface area contributed by atoms with Crippen LogP contribution >= 0.6 is 0 Å². The van der Waals surface area contributed by atoms with Crippen LogP contribution in [0.25, 0.3) is 5.69 Å². The molecule has 1 aliphatic carbocycles. The molecule has 1 saturated carbocycles. The van der Waals surface area contributed by atoms with E-state index in [0.29, 0.717) is 12.5 Å². The predicted octanol–water partition coefficient (Wildman–Crippen LogP) is 2.52. The van der Waals surface area contributed by atoms with Crippen molar-refractivity contribution in [3.63, 3.8) is 0 Å². The summed E-state index contributed by atoms with van der Waals surface area (Å²) in [7, 11) is 1.68. The van der Waals surface area contributed by atoms with Gasteiger partial charge >= 0.3 is 0 Å². The summed E-state index contributed by atoms with van der Waals surface area (Å²) in [4.78, 5) is 0. The van der Waals surface area contributed by atoms with E-state index in [4.69, 9.17) is 10.5 Å². The van der Waals surface area contributed by atoms with Gasteiger partial charge in [0.05, 0.1) is 30.4 Å². The van der Waals surface area contributed by atoms with Gasteiger partial charge in [0.2, 0.25) is 0 Å². The normalized spacial score (nSPS) is 14.8. The second-order valence-electron chi connectivity index (χ2n) is 5.40. The lowest BCUT2D eigenvalue weighted by molar-refractivity contribution is 0.402. The van der Waals surface area contributed by atoms with E-state index in [1.807, 2.05) is 29.1 Å². The summed E-state index contributed by atoms with van der Waals surface area (Å²) < 4.78 is 7.35. The van der Waals surface area contributed by atoms with Gasteiger partial charge < -0.3 is 15.8 Å². The van der Waals surface area contributed by atoms with E-state index in [-0.39, 0.29) is 0 Å². The van der Waals surface area contributed by atoms with Gasteiger partial charge in [-0.2, -0.15) is 5.10 Å². The molecule has 2 aromatic rings. The second-order valence-corrected chi connectivity index (χ2v) is 5.40. The first-order valence-electron chi connectivity index (χ1n) is 7.49. The number of nitrogens with two attached hydrogens (primary N) is 1. The maximum Gasteiger partial charge on any atom is 0.121 e. The maximum absolute atomic E-state index is 5.60.